The van der Waals surface area contributed by atoms with Crippen LogP contribution in [0.1, 0.15) is 41.2 Å². The highest BCUT2D eigenvalue weighted by Gasteiger charge is 2.31. The Hall–Kier alpha value is -0.940. The van der Waals surface area contributed by atoms with Gasteiger partial charge >= 0.3 is 0 Å². The number of nitrogens with one attached hydrogen (secondary N) is 1. The van der Waals surface area contributed by atoms with E-state index in [2.05, 4.69) is 5.32 Å². The van der Waals surface area contributed by atoms with Gasteiger partial charge in [0.1, 0.15) is 0 Å². The quantitative estimate of drug-likeness (QED) is 0.809. The van der Waals surface area contributed by atoms with Crippen molar-refractivity contribution in [2.24, 2.45) is 5.73 Å². The smallest absolute Gasteiger partial charge is 0.262 e. The van der Waals surface area contributed by atoms with Gasteiger partial charge in [-0.15, -0.1) is 11.3 Å². The second-order valence-corrected chi connectivity index (χ2v) is 5.75. The third kappa shape index (κ3) is 3.04. The Morgan fingerprint density at radius 1 is 1.47 bits per heavy atom. The fraction of sp³-hybridized carbons (Fsp3) is 0.500. The molecule has 0 bridgehead atoms. The molecule has 3 N–H and O–H groups in total. The molecular weight excluding hydrogens is 252 g/mol. The van der Waals surface area contributed by atoms with Crippen LogP contribution in [0.5, 0.6) is 0 Å². The van der Waals surface area contributed by atoms with Crippen LogP contribution in [-0.4, -0.2) is 16.4 Å². The molecular formula is C12H18N2OS2. The molecule has 3 nitrogen and oxygen atoms in total. The molecule has 0 atom stereocenters. The minimum absolute atomic E-state index is 0.0976. The summed E-state index contributed by atoms with van der Waals surface area (Å²) in [6, 6.07) is 3.75. The van der Waals surface area contributed by atoms with Gasteiger partial charge in [0.25, 0.3) is 5.91 Å². The van der Waals surface area contributed by atoms with E-state index in [1.165, 1.54) is 11.3 Å². The molecule has 0 spiro atoms. The van der Waals surface area contributed by atoms with Crippen molar-refractivity contribution in [3.63, 3.8) is 0 Å². The van der Waals surface area contributed by atoms with Crippen LogP contribution in [0.3, 0.4) is 0 Å². The van der Waals surface area contributed by atoms with E-state index in [1.54, 1.807) is 0 Å². The maximum Gasteiger partial charge on any atom is 0.262 e. The lowest BCUT2D eigenvalue weighted by atomic mass is 9.92. The highest BCUT2D eigenvalue weighted by atomic mass is 32.1. The first-order chi connectivity index (χ1) is 7.95. The summed E-state index contributed by atoms with van der Waals surface area (Å²) in [7, 11) is 0. The van der Waals surface area contributed by atoms with Crippen LogP contribution in [0, 0.1) is 6.92 Å². The summed E-state index contributed by atoms with van der Waals surface area (Å²) < 4.78 is 0. The lowest BCUT2D eigenvalue weighted by Crippen LogP contribution is -2.55. The SMILES string of the molecule is CCC(CC)(NC(=O)c1ccc(C)s1)C(N)=S. The molecule has 1 heterocycles. The fourth-order valence-electron chi connectivity index (χ4n) is 1.67. The van der Waals surface area contributed by atoms with Crippen molar-refractivity contribution in [1.29, 1.82) is 0 Å². The number of hydrogen-bond acceptors (Lipinski definition) is 3. The highest BCUT2D eigenvalue weighted by molar-refractivity contribution is 7.80. The van der Waals surface area contributed by atoms with E-state index < -0.39 is 5.54 Å². The van der Waals surface area contributed by atoms with Gasteiger partial charge in [0.15, 0.2) is 0 Å². The van der Waals surface area contributed by atoms with Crippen LogP contribution in [-0.2, 0) is 0 Å². The third-order valence-corrected chi connectivity index (χ3v) is 4.39. The molecule has 0 fully saturated rings. The topological polar surface area (TPSA) is 55.1 Å². The highest BCUT2D eigenvalue weighted by Crippen LogP contribution is 2.20. The van der Waals surface area contributed by atoms with Gasteiger partial charge in [-0.3, -0.25) is 4.79 Å². The molecule has 5 heteroatoms. The largest absolute Gasteiger partial charge is 0.391 e. The molecule has 94 valence electrons. The van der Waals surface area contributed by atoms with Crippen LogP contribution in [0.2, 0.25) is 0 Å². The number of hydrogen-bond donors (Lipinski definition) is 2. The molecule has 0 aliphatic carbocycles. The first kappa shape index (κ1) is 14.1. The number of amides is 1. The number of carbonyl (C=O) groups excluding carboxylic acids is 1. The lowest BCUT2D eigenvalue weighted by Gasteiger charge is -2.31. The zero-order chi connectivity index (χ0) is 13.1. The molecule has 1 amide bonds. The number of thiocarbonyl (C=S) groups is 1. The van der Waals surface area contributed by atoms with Gasteiger partial charge in [-0.25, -0.2) is 0 Å². The molecule has 0 aliphatic rings. The Morgan fingerprint density at radius 3 is 2.41 bits per heavy atom. The summed E-state index contributed by atoms with van der Waals surface area (Å²) in [6.45, 7) is 5.92. The molecule has 1 aromatic rings. The van der Waals surface area contributed by atoms with Crippen molar-refractivity contribution in [3.05, 3.63) is 21.9 Å². The molecule has 0 aliphatic heterocycles. The van der Waals surface area contributed by atoms with Gasteiger partial charge < -0.3 is 11.1 Å². The van der Waals surface area contributed by atoms with Gasteiger partial charge in [-0.2, -0.15) is 0 Å². The second-order valence-electron chi connectivity index (χ2n) is 4.02. The maximum atomic E-state index is 12.1. The van der Waals surface area contributed by atoms with E-state index in [1.807, 2.05) is 32.9 Å². The molecule has 0 radical (unpaired) electrons. The predicted octanol–water partition coefficient (Wildman–Crippen LogP) is 2.63. The molecule has 1 aromatic heterocycles. The maximum absolute atomic E-state index is 12.1. The average Bonchev–Trinajstić information content (AvgIpc) is 2.72. The van der Waals surface area contributed by atoms with Gasteiger partial charge in [0.05, 0.1) is 15.4 Å². The number of carbonyl (C=O) groups is 1. The van der Waals surface area contributed by atoms with Gasteiger partial charge in [0.2, 0.25) is 0 Å². The van der Waals surface area contributed by atoms with Crippen LogP contribution in [0.4, 0.5) is 0 Å². The minimum atomic E-state index is -0.565. The Labute approximate surface area is 111 Å². The normalized spacial score (nSPS) is 11.2. The van der Waals surface area contributed by atoms with Crippen molar-refractivity contribution in [2.75, 3.05) is 0 Å². The van der Waals surface area contributed by atoms with E-state index in [9.17, 15) is 4.79 Å². The van der Waals surface area contributed by atoms with E-state index in [0.29, 0.717) is 22.7 Å². The molecule has 0 unspecified atom stereocenters. The van der Waals surface area contributed by atoms with Gasteiger partial charge in [0, 0.05) is 4.88 Å². The molecule has 0 saturated heterocycles. The Balaban J connectivity index is 2.88. The summed E-state index contributed by atoms with van der Waals surface area (Å²) >= 11 is 6.54. The van der Waals surface area contributed by atoms with Crippen LogP contribution < -0.4 is 11.1 Å². The number of aryl methyl sites for hydroxylation is 1. The summed E-state index contributed by atoms with van der Waals surface area (Å²) in [6.07, 6.45) is 1.41. The third-order valence-electron chi connectivity index (χ3n) is 3.00. The molecule has 1 rings (SSSR count). The Kier molecular flexibility index (Phi) is 4.65. The second kappa shape index (κ2) is 5.60. The number of rotatable bonds is 5. The zero-order valence-corrected chi connectivity index (χ0v) is 12.0. The van der Waals surface area contributed by atoms with Crippen molar-refractivity contribution in [2.45, 2.75) is 39.2 Å². The molecule has 0 aromatic carbocycles. The van der Waals surface area contributed by atoms with E-state index in [4.69, 9.17) is 18.0 Å². The van der Waals surface area contributed by atoms with Crippen molar-refractivity contribution >= 4 is 34.5 Å². The zero-order valence-electron chi connectivity index (χ0n) is 10.4. The van der Waals surface area contributed by atoms with E-state index >= 15 is 0 Å². The fourth-order valence-corrected chi connectivity index (χ4v) is 2.77. The standard InChI is InChI=1S/C12H18N2OS2/c1-4-12(5-2,11(13)16)14-10(15)9-7-6-8(3)17-9/h6-7H,4-5H2,1-3H3,(H2,13,16)(H,14,15). The van der Waals surface area contributed by atoms with E-state index in [-0.39, 0.29) is 5.91 Å². The summed E-state index contributed by atoms with van der Waals surface area (Å²) in [5.74, 6) is -0.0976. The van der Waals surface area contributed by atoms with Crippen LogP contribution in [0.15, 0.2) is 12.1 Å². The molecule has 0 saturated carbocycles. The monoisotopic (exact) mass is 270 g/mol. The van der Waals surface area contributed by atoms with Gasteiger partial charge in [-0.05, 0) is 31.9 Å². The summed E-state index contributed by atoms with van der Waals surface area (Å²) in [4.78, 5) is 14.2. The van der Waals surface area contributed by atoms with Crippen LogP contribution >= 0.6 is 23.6 Å². The van der Waals surface area contributed by atoms with Crippen molar-refractivity contribution in [3.8, 4) is 0 Å². The van der Waals surface area contributed by atoms with Gasteiger partial charge in [-0.1, -0.05) is 26.1 Å². The predicted molar refractivity (Wildman–Crippen MR) is 76.6 cm³/mol. The summed E-state index contributed by atoms with van der Waals surface area (Å²) in [5.41, 5.74) is 5.18. The number of nitrogens with two attached hydrogens (primary N) is 1. The van der Waals surface area contributed by atoms with Crippen LogP contribution in [0.25, 0.3) is 0 Å². The average molecular weight is 270 g/mol. The molecule has 17 heavy (non-hydrogen) atoms. The van der Waals surface area contributed by atoms with Crippen molar-refractivity contribution in [1.82, 2.24) is 5.32 Å². The lowest BCUT2D eigenvalue weighted by molar-refractivity contribution is 0.0924. The Bertz CT molecular complexity index is 422. The number of thiophene rings is 1. The minimum Gasteiger partial charge on any atom is -0.391 e. The van der Waals surface area contributed by atoms with Crippen molar-refractivity contribution < 1.29 is 4.79 Å². The first-order valence-corrected chi connectivity index (χ1v) is 6.86. The Morgan fingerprint density at radius 2 is 2.06 bits per heavy atom. The first-order valence-electron chi connectivity index (χ1n) is 5.64. The van der Waals surface area contributed by atoms with E-state index in [0.717, 1.165) is 4.88 Å². The summed E-state index contributed by atoms with van der Waals surface area (Å²) in [5, 5.41) is 2.96.